The summed E-state index contributed by atoms with van der Waals surface area (Å²) in [5.41, 5.74) is 0.397. The number of hydrogen-bond acceptors (Lipinski definition) is 6. The molecular formula is C23H16BrClF3N3O3S. The number of benzene rings is 2. The van der Waals surface area contributed by atoms with Crippen LogP contribution in [0.2, 0.25) is 5.02 Å². The van der Waals surface area contributed by atoms with Crippen LogP contribution in [0.15, 0.2) is 56.5 Å². The Morgan fingerprint density at radius 3 is 2.49 bits per heavy atom. The zero-order valence-corrected chi connectivity index (χ0v) is 21.3. The fourth-order valence-electron chi connectivity index (χ4n) is 3.47. The van der Waals surface area contributed by atoms with Crippen LogP contribution in [0.25, 0.3) is 10.9 Å². The first kappa shape index (κ1) is 25.5. The predicted molar refractivity (Wildman–Crippen MR) is 131 cm³/mol. The van der Waals surface area contributed by atoms with E-state index in [1.165, 1.54) is 19.1 Å². The van der Waals surface area contributed by atoms with Crippen LogP contribution < -0.4 is 5.32 Å². The molecule has 0 bridgehead atoms. The summed E-state index contributed by atoms with van der Waals surface area (Å²) >= 11 is 8.06. The molecule has 1 N–H and O–H groups in total. The third-order valence-electron chi connectivity index (χ3n) is 5.01. The van der Waals surface area contributed by atoms with E-state index in [9.17, 15) is 22.5 Å². The van der Waals surface area contributed by atoms with Crippen molar-refractivity contribution < 1.29 is 27.0 Å². The largest absolute Gasteiger partial charge is 0.610 e. The summed E-state index contributed by atoms with van der Waals surface area (Å²) in [5.74, 6) is 0.0209. The maximum atomic E-state index is 13.4. The van der Waals surface area contributed by atoms with Crippen molar-refractivity contribution in [3.8, 4) is 0 Å². The van der Waals surface area contributed by atoms with Crippen LogP contribution in [0.4, 0.5) is 24.5 Å². The number of fused-ring (bicyclic) bond motifs is 1. The summed E-state index contributed by atoms with van der Waals surface area (Å²) in [6, 6.07) is 9.18. The molecule has 0 fully saturated rings. The van der Waals surface area contributed by atoms with E-state index in [2.05, 4.69) is 31.4 Å². The number of ketones is 1. The molecule has 0 radical (unpaired) electrons. The highest BCUT2D eigenvalue weighted by molar-refractivity contribution is 9.10. The smallest absolute Gasteiger partial charge is 0.416 e. The van der Waals surface area contributed by atoms with E-state index < -0.39 is 28.7 Å². The Balaban J connectivity index is 1.90. The summed E-state index contributed by atoms with van der Waals surface area (Å²) in [7, 11) is 0. The van der Waals surface area contributed by atoms with Crippen LogP contribution in [0.5, 0.6) is 0 Å². The topological polar surface area (TPSA) is 91.1 Å². The first-order valence-electron chi connectivity index (χ1n) is 10.0. The van der Waals surface area contributed by atoms with Crippen molar-refractivity contribution in [3.63, 3.8) is 0 Å². The van der Waals surface area contributed by atoms with Crippen LogP contribution in [0, 0.1) is 6.92 Å². The lowest BCUT2D eigenvalue weighted by atomic mass is 10.1. The molecule has 2 heterocycles. The third-order valence-corrected chi connectivity index (χ3v) is 7.25. The van der Waals surface area contributed by atoms with Gasteiger partial charge in [0.1, 0.15) is 17.0 Å². The van der Waals surface area contributed by atoms with Crippen molar-refractivity contribution in [1.82, 2.24) is 10.1 Å². The van der Waals surface area contributed by atoms with Gasteiger partial charge in [-0.15, -0.1) is 0 Å². The Kier molecular flexibility index (Phi) is 7.14. The maximum absolute atomic E-state index is 13.4. The molecule has 1 atom stereocenters. The van der Waals surface area contributed by atoms with Gasteiger partial charge >= 0.3 is 6.18 Å². The van der Waals surface area contributed by atoms with Crippen molar-refractivity contribution in [2.24, 2.45) is 0 Å². The molecule has 35 heavy (non-hydrogen) atoms. The number of Topliss-reactive ketones (excluding diaryl/α,β-unsaturated/α-hetero) is 1. The van der Waals surface area contributed by atoms with Gasteiger partial charge in [0, 0.05) is 32.8 Å². The second-order valence-corrected chi connectivity index (χ2v) is 10.2. The van der Waals surface area contributed by atoms with E-state index >= 15 is 0 Å². The van der Waals surface area contributed by atoms with Crippen molar-refractivity contribution in [1.29, 1.82) is 0 Å². The predicted octanol–water partition coefficient (Wildman–Crippen LogP) is 7.22. The molecule has 0 aliphatic heterocycles. The first-order chi connectivity index (χ1) is 16.5. The van der Waals surface area contributed by atoms with Gasteiger partial charge in [-0.05, 0) is 66.2 Å². The standard InChI is InChI=1S/C23H16BrClF3N3O3S/c1-11-9-15(31-34-11)10-35(33)22-18(12(2)32)21(19-17(25)8-7-16(24)20(19)30-22)29-14-5-3-13(4-6-14)23(26,27)28/h3-9H,10H2,1-2H3,(H,29,30). The Morgan fingerprint density at radius 2 is 1.91 bits per heavy atom. The van der Waals surface area contributed by atoms with Crippen LogP contribution in [-0.2, 0) is 23.1 Å². The zero-order valence-electron chi connectivity index (χ0n) is 18.2. The van der Waals surface area contributed by atoms with Crippen molar-refractivity contribution in [2.75, 3.05) is 5.32 Å². The SMILES string of the molecule is CC(=O)c1c([S+]([O-])Cc2cc(C)on2)nc2c(Br)ccc(Cl)c2c1Nc1ccc(C(F)(F)F)cc1. The fourth-order valence-corrected chi connectivity index (χ4v) is 5.34. The number of anilines is 2. The van der Waals surface area contributed by atoms with E-state index in [4.69, 9.17) is 16.1 Å². The molecule has 0 aliphatic carbocycles. The molecule has 1 unspecified atom stereocenters. The maximum Gasteiger partial charge on any atom is 0.416 e. The number of hydrogen-bond donors (Lipinski definition) is 1. The number of halogens is 5. The second-order valence-electron chi connectivity index (χ2n) is 7.59. The molecular weight excluding hydrogens is 571 g/mol. The van der Waals surface area contributed by atoms with Gasteiger partial charge in [-0.25, -0.2) is 0 Å². The number of nitrogens with one attached hydrogen (secondary N) is 1. The van der Waals surface area contributed by atoms with Crippen LogP contribution >= 0.6 is 27.5 Å². The average molecular weight is 587 g/mol. The lowest BCUT2D eigenvalue weighted by molar-refractivity contribution is -0.137. The summed E-state index contributed by atoms with van der Waals surface area (Å²) < 4.78 is 57.9. The fraction of sp³-hybridized carbons (Fsp3) is 0.174. The highest BCUT2D eigenvalue weighted by atomic mass is 79.9. The molecule has 12 heteroatoms. The number of rotatable bonds is 6. The van der Waals surface area contributed by atoms with Gasteiger partial charge in [-0.1, -0.05) is 16.8 Å². The van der Waals surface area contributed by atoms with E-state index in [1.807, 2.05) is 0 Å². The van der Waals surface area contributed by atoms with Crippen LogP contribution in [-0.4, -0.2) is 20.5 Å². The molecule has 6 nitrogen and oxygen atoms in total. The van der Waals surface area contributed by atoms with Gasteiger partial charge in [0.15, 0.2) is 11.5 Å². The number of aromatic nitrogens is 2. The minimum absolute atomic E-state index is 0.0101. The van der Waals surface area contributed by atoms with Gasteiger partial charge in [0.05, 0.1) is 21.8 Å². The minimum Gasteiger partial charge on any atom is -0.610 e. The molecule has 0 saturated carbocycles. The molecule has 0 amide bonds. The zero-order chi connectivity index (χ0) is 25.5. The van der Waals surface area contributed by atoms with Gasteiger partial charge < -0.3 is 14.4 Å². The summed E-state index contributed by atoms with van der Waals surface area (Å²) in [4.78, 5) is 17.3. The highest BCUT2D eigenvalue weighted by Gasteiger charge is 2.31. The van der Waals surface area contributed by atoms with Crippen LogP contribution in [0.1, 0.15) is 34.3 Å². The molecule has 4 rings (SSSR count). The van der Waals surface area contributed by atoms with E-state index in [0.717, 1.165) is 12.1 Å². The Hall–Kier alpha value is -2.60. The van der Waals surface area contributed by atoms with E-state index in [-0.39, 0.29) is 32.7 Å². The molecule has 2 aromatic carbocycles. The minimum atomic E-state index is -4.50. The van der Waals surface area contributed by atoms with Gasteiger partial charge in [-0.2, -0.15) is 18.2 Å². The van der Waals surface area contributed by atoms with Crippen molar-refractivity contribution in [3.05, 3.63) is 74.5 Å². The molecule has 0 saturated heterocycles. The monoisotopic (exact) mass is 585 g/mol. The molecule has 4 aromatic rings. The molecule has 2 aromatic heterocycles. The van der Waals surface area contributed by atoms with Crippen LogP contribution in [0.3, 0.4) is 0 Å². The van der Waals surface area contributed by atoms with Gasteiger partial charge in [0.25, 0.3) is 5.03 Å². The van der Waals surface area contributed by atoms with Gasteiger partial charge in [-0.3, -0.25) is 4.79 Å². The summed E-state index contributed by atoms with van der Waals surface area (Å²) in [6.45, 7) is 2.98. The second kappa shape index (κ2) is 9.81. The number of carbonyl (C=O) groups is 1. The van der Waals surface area contributed by atoms with Crippen molar-refractivity contribution in [2.45, 2.75) is 30.8 Å². The van der Waals surface area contributed by atoms with E-state index in [0.29, 0.717) is 26.8 Å². The van der Waals surface area contributed by atoms with Crippen molar-refractivity contribution >= 4 is 66.8 Å². The first-order valence-corrected chi connectivity index (χ1v) is 12.5. The van der Waals surface area contributed by atoms with Gasteiger partial charge in [0.2, 0.25) is 0 Å². The van der Waals surface area contributed by atoms with E-state index in [1.54, 1.807) is 25.1 Å². The number of carbonyl (C=O) groups excluding carboxylic acids is 1. The number of alkyl halides is 3. The number of nitrogens with zero attached hydrogens (tertiary/aromatic N) is 2. The summed E-state index contributed by atoms with van der Waals surface area (Å²) in [5, 5.41) is 7.44. The quantitative estimate of drug-likeness (QED) is 0.189. The lowest BCUT2D eigenvalue weighted by Crippen LogP contribution is -2.15. The number of pyridine rings is 1. The molecule has 0 spiro atoms. The average Bonchev–Trinajstić information content (AvgIpc) is 3.19. The number of aryl methyl sites for hydroxylation is 1. The lowest BCUT2D eigenvalue weighted by Gasteiger charge is -2.19. The summed E-state index contributed by atoms with van der Waals surface area (Å²) in [6.07, 6.45) is -4.50. The normalized spacial score (nSPS) is 12.7. The molecule has 182 valence electrons. The highest BCUT2D eigenvalue weighted by Crippen LogP contribution is 2.41. The third kappa shape index (κ3) is 5.32. The Bertz CT molecular complexity index is 1430. The Labute approximate surface area is 214 Å². The Morgan fingerprint density at radius 1 is 1.23 bits per heavy atom. The molecule has 0 aliphatic rings.